The minimum Gasteiger partial charge on any atom is -0.375 e. The van der Waals surface area contributed by atoms with E-state index in [1.165, 1.54) is 7.11 Å². The van der Waals surface area contributed by atoms with Gasteiger partial charge in [-0.25, -0.2) is 0 Å². The van der Waals surface area contributed by atoms with Gasteiger partial charge < -0.3 is 14.6 Å². The summed E-state index contributed by atoms with van der Waals surface area (Å²) in [5.41, 5.74) is 0.767. The highest BCUT2D eigenvalue weighted by atomic mass is 35.5. The predicted octanol–water partition coefficient (Wildman–Crippen LogP) is 2.21. The van der Waals surface area contributed by atoms with E-state index < -0.39 is 0 Å². The van der Waals surface area contributed by atoms with Crippen molar-refractivity contribution in [1.82, 2.24) is 15.5 Å². The van der Waals surface area contributed by atoms with Gasteiger partial charge in [0.25, 0.3) is 5.89 Å². The number of hydrogen-bond donors (Lipinski definition) is 1. The molecule has 1 aromatic carbocycles. The lowest BCUT2D eigenvalue weighted by atomic mass is 10.2. The number of rotatable bonds is 5. The van der Waals surface area contributed by atoms with Crippen molar-refractivity contribution < 1.29 is 14.1 Å². The van der Waals surface area contributed by atoms with Crippen LogP contribution in [-0.2, 0) is 9.53 Å². The maximum atomic E-state index is 11.4. The van der Waals surface area contributed by atoms with E-state index in [0.29, 0.717) is 16.7 Å². The average Bonchev–Trinajstić information content (AvgIpc) is 2.89. The van der Waals surface area contributed by atoms with Crippen LogP contribution in [0.15, 0.2) is 28.8 Å². The summed E-state index contributed by atoms with van der Waals surface area (Å²) in [6, 6.07) is 6.69. The second-order valence-electron chi connectivity index (χ2n) is 4.19. The number of methoxy groups -OCH3 is 1. The monoisotopic (exact) mass is 295 g/mol. The summed E-state index contributed by atoms with van der Waals surface area (Å²) in [5.74, 6) is 0.543. The number of carbonyl (C=O) groups excluding carboxylic acids is 1. The third-order valence-electron chi connectivity index (χ3n) is 2.57. The van der Waals surface area contributed by atoms with E-state index in [-0.39, 0.29) is 18.6 Å². The van der Waals surface area contributed by atoms with Gasteiger partial charge in [0.2, 0.25) is 5.91 Å². The highest BCUT2D eigenvalue weighted by Gasteiger charge is 2.16. The molecule has 1 amide bonds. The normalized spacial score (nSPS) is 12.2. The minimum absolute atomic E-state index is 0.00771. The van der Waals surface area contributed by atoms with Gasteiger partial charge in [-0.3, -0.25) is 4.79 Å². The fourth-order valence-electron chi connectivity index (χ4n) is 1.60. The smallest absolute Gasteiger partial charge is 0.257 e. The van der Waals surface area contributed by atoms with Crippen LogP contribution in [0.1, 0.15) is 18.8 Å². The van der Waals surface area contributed by atoms with Crippen molar-refractivity contribution in [2.24, 2.45) is 0 Å². The van der Waals surface area contributed by atoms with Gasteiger partial charge in [-0.2, -0.15) is 4.98 Å². The number of amides is 1. The van der Waals surface area contributed by atoms with E-state index in [0.717, 1.165) is 5.56 Å². The minimum atomic E-state index is -0.359. The third kappa shape index (κ3) is 3.55. The molecule has 7 heteroatoms. The van der Waals surface area contributed by atoms with Crippen LogP contribution < -0.4 is 5.32 Å². The van der Waals surface area contributed by atoms with E-state index in [1.54, 1.807) is 31.2 Å². The van der Waals surface area contributed by atoms with Crippen LogP contribution in [-0.4, -0.2) is 29.8 Å². The van der Waals surface area contributed by atoms with Crippen LogP contribution in [0, 0.1) is 0 Å². The molecule has 0 radical (unpaired) electrons. The van der Waals surface area contributed by atoms with Gasteiger partial charge in [-0.15, -0.1) is 0 Å². The molecule has 0 fully saturated rings. The summed E-state index contributed by atoms with van der Waals surface area (Å²) in [6.07, 6.45) is 0. The highest BCUT2D eigenvalue weighted by molar-refractivity contribution is 6.30. The van der Waals surface area contributed by atoms with E-state index >= 15 is 0 Å². The molecular formula is C13H14ClN3O3. The molecule has 0 aliphatic heterocycles. The summed E-state index contributed by atoms with van der Waals surface area (Å²) >= 11 is 5.82. The van der Waals surface area contributed by atoms with Crippen molar-refractivity contribution in [3.8, 4) is 11.5 Å². The first kappa shape index (κ1) is 14.5. The summed E-state index contributed by atoms with van der Waals surface area (Å²) < 4.78 is 9.90. The van der Waals surface area contributed by atoms with Crippen LogP contribution in [0.5, 0.6) is 0 Å². The summed E-state index contributed by atoms with van der Waals surface area (Å²) in [7, 11) is 1.46. The Hall–Kier alpha value is -1.92. The molecular weight excluding hydrogens is 282 g/mol. The fraction of sp³-hybridized carbons (Fsp3) is 0.308. The number of ether oxygens (including phenoxy) is 1. The van der Waals surface area contributed by atoms with Crippen molar-refractivity contribution in [3.05, 3.63) is 35.1 Å². The zero-order valence-corrected chi connectivity index (χ0v) is 11.8. The first-order valence-corrected chi connectivity index (χ1v) is 6.36. The largest absolute Gasteiger partial charge is 0.375 e. The molecule has 2 aromatic rings. The maximum Gasteiger partial charge on any atom is 0.257 e. The number of nitrogens with zero attached hydrogens (tertiary/aromatic N) is 2. The Bertz CT molecular complexity index is 583. The Balaban J connectivity index is 2.08. The van der Waals surface area contributed by atoms with Crippen LogP contribution >= 0.6 is 11.6 Å². The molecule has 1 heterocycles. The number of nitrogens with one attached hydrogen (secondary N) is 1. The van der Waals surface area contributed by atoms with Gasteiger partial charge in [0.15, 0.2) is 5.82 Å². The molecule has 0 aliphatic carbocycles. The van der Waals surface area contributed by atoms with E-state index in [2.05, 4.69) is 15.5 Å². The first-order chi connectivity index (χ1) is 9.60. The number of aromatic nitrogens is 2. The molecule has 1 atom stereocenters. The van der Waals surface area contributed by atoms with E-state index in [9.17, 15) is 4.79 Å². The van der Waals surface area contributed by atoms with Crippen molar-refractivity contribution in [2.45, 2.75) is 13.0 Å². The van der Waals surface area contributed by atoms with Crippen LogP contribution in [0.3, 0.4) is 0 Å². The van der Waals surface area contributed by atoms with Crippen LogP contribution in [0.25, 0.3) is 11.5 Å². The molecule has 6 nitrogen and oxygen atoms in total. The third-order valence-corrected chi connectivity index (χ3v) is 2.83. The summed E-state index contributed by atoms with van der Waals surface area (Å²) in [6.45, 7) is 1.76. The van der Waals surface area contributed by atoms with E-state index in [4.69, 9.17) is 20.9 Å². The lowest BCUT2D eigenvalue weighted by Crippen LogP contribution is -2.30. The lowest BCUT2D eigenvalue weighted by Gasteiger charge is -2.08. The molecule has 1 aromatic heterocycles. The maximum absolute atomic E-state index is 11.4. The molecule has 0 saturated carbocycles. The molecule has 106 valence electrons. The average molecular weight is 296 g/mol. The molecule has 0 bridgehead atoms. The van der Waals surface area contributed by atoms with Gasteiger partial charge >= 0.3 is 0 Å². The molecule has 20 heavy (non-hydrogen) atoms. The quantitative estimate of drug-likeness (QED) is 0.915. The standard InChI is InChI=1S/C13H14ClN3O3/c1-8(15-11(18)7-19-2)12-16-13(20-17-12)9-3-5-10(14)6-4-9/h3-6,8H,7H2,1-2H3,(H,15,18). The van der Waals surface area contributed by atoms with Gasteiger partial charge in [0, 0.05) is 17.7 Å². The molecule has 0 spiro atoms. The van der Waals surface area contributed by atoms with Gasteiger partial charge in [-0.05, 0) is 31.2 Å². The van der Waals surface area contributed by atoms with Gasteiger partial charge in [-0.1, -0.05) is 16.8 Å². The molecule has 1 N–H and O–H groups in total. The topological polar surface area (TPSA) is 77.2 Å². The molecule has 1 unspecified atom stereocenters. The lowest BCUT2D eigenvalue weighted by molar-refractivity contribution is -0.125. The SMILES string of the molecule is COCC(=O)NC(C)c1noc(-c2ccc(Cl)cc2)n1. The van der Waals surface area contributed by atoms with Crippen molar-refractivity contribution in [1.29, 1.82) is 0 Å². The zero-order chi connectivity index (χ0) is 14.5. The van der Waals surface area contributed by atoms with Crippen LogP contribution in [0.2, 0.25) is 5.02 Å². The van der Waals surface area contributed by atoms with Gasteiger partial charge in [0.05, 0.1) is 6.04 Å². The van der Waals surface area contributed by atoms with Crippen molar-refractivity contribution in [2.75, 3.05) is 13.7 Å². The zero-order valence-electron chi connectivity index (χ0n) is 11.1. The Morgan fingerprint density at radius 3 is 2.80 bits per heavy atom. The molecule has 2 rings (SSSR count). The van der Waals surface area contributed by atoms with Gasteiger partial charge in [0.1, 0.15) is 6.61 Å². The fourth-order valence-corrected chi connectivity index (χ4v) is 1.73. The summed E-state index contributed by atoms with van der Waals surface area (Å²) in [4.78, 5) is 15.7. The first-order valence-electron chi connectivity index (χ1n) is 5.98. The van der Waals surface area contributed by atoms with Crippen molar-refractivity contribution in [3.63, 3.8) is 0 Å². The second-order valence-corrected chi connectivity index (χ2v) is 4.62. The number of halogens is 1. The number of benzene rings is 1. The Morgan fingerprint density at radius 1 is 1.45 bits per heavy atom. The number of carbonyl (C=O) groups is 1. The molecule has 0 saturated heterocycles. The van der Waals surface area contributed by atoms with Crippen molar-refractivity contribution >= 4 is 17.5 Å². The predicted molar refractivity (Wildman–Crippen MR) is 73.2 cm³/mol. The Labute approximate surface area is 121 Å². The Kier molecular flexibility index (Phi) is 4.70. The van der Waals surface area contributed by atoms with E-state index in [1.807, 2.05) is 0 Å². The number of hydrogen-bond acceptors (Lipinski definition) is 5. The van der Waals surface area contributed by atoms with Crippen LogP contribution in [0.4, 0.5) is 0 Å². The second kappa shape index (κ2) is 6.49. The summed E-state index contributed by atoms with van der Waals surface area (Å²) in [5, 5.41) is 7.19. The highest BCUT2D eigenvalue weighted by Crippen LogP contribution is 2.21. The Morgan fingerprint density at radius 2 is 2.15 bits per heavy atom. The molecule has 0 aliphatic rings.